The highest BCUT2D eigenvalue weighted by Gasteiger charge is 2.10. The smallest absolute Gasteiger partial charge is 0.269 e. The number of hydrogen-bond acceptors (Lipinski definition) is 3. The normalized spacial score (nSPS) is 12.4. The molecule has 0 saturated heterocycles. The molecule has 0 saturated carbocycles. The SMILES string of the molecule is CCCCC(C)NCc1cc([N+](=O)[O-])ccc1Cl. The van der Waals surface area contributed by atoms with Crippen LogP contribution in [0.4, 0.5) is 5.69 Å². The van der Waals surface area contributed by atoms with Crippen molar-refractivity contribution in [3.05, 3.63) is 38.9 Å². The van der Waals surface area contributed by atoms with Crippen LogP contribution in [0.5, 0.6) is 0 Å². The van der Waals surface area contributed by atoms with Crippen molar-refractivity contribution in [3.8, 4) is 0 Å². The Morgan fingerprint density at radius 1 is 1.50 bits per heavy atom. The maximum Gasteiger partial charge on any atom is 0.269 e. The minimum Gasteiger partial charge on any atom is -0.310 e. The van der Waals surface area contributed by atoms with Gasteiger partial charge in [0.25, 0.3) is 5.69 Å². The highest BCUT2D eigenvalue weighted by molar-refractivity contribution is 6.31. The standard InChI is InChI=1S/C13H19ClN2O2/c1-3-4-5-10(2)15-9-11-8-12(16(17)18)6-7-13(11)14/h6-8,10,15H,3-5,9H2,1-2H3. The monoisotopic (exact) mass is 270 g/mol. The zero-order valence-corrected chi connectivity index (χ0v) is 11.5. The third-order valence-electron chi connectivity index (χ3n) is 2.87. The molecule has 0 aliphatic carbocycles. The van der Waals surface area contributed by atoms with E-state index < -0.39 is 4.92 Å². The Morgan fingerprint density at radius 2 is 2.22 bits per heavy atom. The number of unbranched alkanes of at least 4 members (excludes halogenated alkanes) is 1. The molecule has 1 aromatic carbocycles. The molecule has 1 N–H and O–H groups in total. The molecule has 0 aliphatic heterocycles. The summed E-state index contributed by atoms with van der Waals surface area (Å²) in [6.07, 6.45) is 3.45. The van der Waals surface area contributed by atoms with Gasteiger partial charge in [-0.3, -0.25) is 10.1 Å². The van der Waals surface area contributed by atoms with Crippen LogP contribution in [0.1, 0.15) is 38.7 Å². The van der Waals surface area contributed by atoms with Gasteiger partial charge in [-0.15, -0.1) is 0 Å². The van der Waals surface area contributed by atoms with Crippen LogP contribution < -0.4 is 5.32 Å². The number of hydrogen-bond donors (Lipinski definition) is 1. The first-order chi connectivity index (χ1) is 8.54. The lowest BCUT2D eigenvalue weighted by Gasteiger charge is -2.13. The second kappa shape index (κ2) is 7.34. The molecule has 0 spiro atoms. The van der Waals surface area contributed by atoms with Gasteiger partial charge in [0.1, 0.15) is 0 Å². The first kappa shape index (κ1) is 14.9. The number of nitro benzene ring substituents is 1. The van der Waals surface area contributed by atoms with Crippen molar-refractivity contribution in [2.75, 3.05) is 0 Å². The summed E-state index contributed by atoms with van der Waals surface area (Å²) in [7, 11) is 0. The number of nitro groups is 1. The van der Waals surface area contributed by atoms with Crippen LogP contribution in [-0.2, 0) is 6.54 Å². The number of benzene rings is 1. The van der Waals surface area contributed by atoms with Gasteiger partial charge in [0.2, 0.25) is 0 Å². The lowest BCUT2D eigenvalue weighted by molar-refractivity contribution is -0.384. The molecule has 0 amide bonds. The highest BCUT2D eigenvalue weighted by atomic mass is 35.5. The maximum atomic E-state index is 10.7. The Hall–Kier alpha value is -1.13. The predicted octanol–water partition coefficient (Wildman–Crippen LogP) is 3.92. The van der Waals surface area contributed by atoms with E-state index in [1.165, 1.54) is 25.0 Å². The molecule has 5 heteroatoms. The molecule has 0 radical (unpaired) electrons. The lowest BCUT2D eigenvalue weighted by atomic mass is 10.1. The average molecular weight is 271 g/mol. The van der Waals surface area contributed by atoms with Gasteiger partial charge < -0.3 is 5.32 Å². The predicted molar refractivity (Wildman–Crippen MR) is 73.9 cm³/mol. The summed E-state index contributed by atoms with van der Waals surface area (Å²) in [6.45, 7) is 4.83. The van der Waals surface area contributed by atoms with E-state index in [1.807, 2.05) is 0 Å². The van der Waals surface area contributed by atoms with E-state index in [0.717, 1.165) is 12.0 Å². The Kier molecular flexibility index (Phi) is 6.09. The fraction of sp³-hybridized carbons (Fsp3) is 0.538. The van der Waals surface area contributed by atoms with E-state index in [9.17, 15) is 10.1 Å². The fourth-order valence-corrected chi connectivity index (χ4v) is 1.89. The Labute approximate surface area is 112 Å². The second-order valence-corrected chi connectivity index (χ2v) is 4.86. The molecule has 0 aromatic heterocycles. The largest absolute Gasteiger partial charge is 0.310 e. The summed E-state index contributed by atoms with van der Waals surface area (Å²) in [5, 5.41) is 14.6. The minimum atomic E-state index is -0.402. The zero-order chi connectivity index (χ0) is 13.5. The fourth-order valence-electron chi connectivity index (χ4n) is 1.71. The molecule has 0 aliphatic rings. The maximum absolute atomic E-state index is 10.7. The van der Waals surface area contributed by atoms with Crippen LogP contribution in [-0.4, -0.2) is 11.0 Å². The molecule has 100 valence electrons. The van der Waals surface area contributed by atoms with E-state index in [0.29, 0.717) is 17.6 Å². The van der Waals surface area contributed by atoms with E-state index in [-0.39, 0.29) is 5.69 Å². The van der Waals surface area contributed by atoms with Crippen molar-refractivity contribution < 1.29 is 4.92 Å². The van der Waals surface area contributed by atoms with E-state index in [4.69, 9.17) is 11.6 Å². The van der Waals surface area contributed by atoms with Gasteiger partial charge in [0, 0.05) is 29.7 Å². The van der Waals surface area contributed by atoms with Crippen LogP contribution in [0.2, 0.25) is 5.02 Å². The molecular weight excluding hydrogens is 252 g/mol. The molecule has 0 bridgehead atoms. The first-order valence-electron chi connectivity index (χ1n) is 6.20. The molecule has 18 heavy (non-hydrogen) atoms. The van der Waals surface area contributed by atoms with Crippen LogP contribution in [0.25, 0.3) is 0 Å². The topological polar surface area (TPSA) is 55.2 Å². The van der Waals surface area contributed by atoms with Crippen molar-refractivity contribution in [1.29, 1.82) is 0 Å². The first-order valence-corrected chi connectivity index (χ1v) is 6.58. The van der Waals surface area contributed by atoms with Gasteiger partial charge in [0.15, 0.2) is 0 Å². The van der Waals surface area contributed by atoms with Crippen LogP contribution in [0.15, 0.2) is 18.2 Å². The number of nitrogens with one attached hydrogen (secondary N) is 1. The van der Waals surface area contributed by atoms with Crippen molar-refractivity contribution in [2.45, 2.75) is 45.7 Å². The summed E-state index contributed by atoms with van der Waals surface area (Å²) in [5.41, 5.74) is 0.853. The van der Waals surface area contributed by atoms with Gasteiger partial charge in [-0.05, 0) is 25.0 Å². The van der Waals surface area contributed by atoms with E-state index >= 15 is 0 Å². The number of halogens is 1. The lowest BCUT2D eigenvalue weighted by Crippen LogP contribution is -2.25. The third kappa shape index (κ3) is 4.63. The van der Waals surface area contributed by atoms with Crippen molar-refractivity contribution >= 4 is 17.3 Å². The van der Waals surface area contributed by atoms with Gasteiger partial charge in [-0.1, -0.05) is 31.4 Å². The molecule has 1 unspecified atom stereocenters. The van der Waals surface area contributed by atoms with Crippen LogP contribution in [0.3, 0.4) is 0 Å². The quantitative estimate of drug-likeness (QED) is 0.603. The Balaban J connectivity index is 2.60. The summed E-state index contributed by atoms with van der Waals surface area (Å²) in [6, 6.07) is 4.92. The van der Waals surface area contributed by atoms with Crippen LogP contribution >= 0.6 is 11.6 Å². The van der Waals surface area contributed by atoms with E-state index in [2.05, 4.69) is 19.2 Å². The molecule has 1 rings (SSSR count). The van der Waals surface area contributed by atoms with E-state index in [1.54, 1.807) is 6.07 Å². The molecule has 0 heterocycles. The Morgan fingerprint density at radius 3 is 2.83 bits per heavy atom. The number of rotatable bonds is 7. The van der Waals surface area contributed by atoms with Gasteiger partial charge in [-0.2, -0.15) is 0 Å². The summed E-state index contributed by atoms with van der Waals surface area (Å²) < 4.78 is 0. The van der Waals surface area contributed by atoms with Gasteiger partial charge in [0.05, 0.1) is 4.92 Å². The molecule has 1 aromatic rings. The summed E-state index contributed by atoms with van der Waals surface area (Å²) in [4.78, 5) is 10.3. The van der Waals surface area contributed by atoms with Crippen molar-refractivity contribution in [3.63, 3.8) is 0 Å². The number of nitrogens with zero attached hydrogens (tertiary/aromatic N) is 1. The highest BCUT2D eigenvalue weighted by Crippen LogP contribution is 2.22. The zero-order valence-electron chi connectivity index (χ0n) is 10.8. The number of non-ortho nitro benzene ring substituents is 1. The molecule has 4 nitrogen and oxygen atoms in total. The Bertz CT molecular complexity index is 410. The van der Waals surface area contributed by atoms with Crippen molar-refractivity contribution in [2.24, 2.45) is 0 Å². The average Bonchev–Trinajstić information content (AvgIpc) is 2.35. The third-order valence-corrected chi connectivity index (χ3v) is 3.24. The summed E-state index contributed by atoms with van der Waals surface area (Å²) in [5.74, 6) is 0. The summed E-state index contributed by atoms with van der Waals surface area (Å²) >= 11 is 6.03. The second-order valence-electron chi connectivity index (χ2n) is 4.46. The van der Waals surface area contributed by atoms with Gasteiger partial charge in [-0.25, -0.2) is 0 Å². The van der Waals surface area contributed by atoms with Crippen LogP contribution in [0, 0.1) is 10.1 Å². The van der Waals surface area contributed by atoms with Crippen molar-refractivity contribution in [1.82, 2.24) is 5.32 Å². The molecule has 0 fully saturated rings. The minimum absolute atomic E-state index is 0.0809. The van der Waals surface area contributed by atoms with Gasteiger partial charge >= 0.3 is 0 Å². The molecular formula is C13H19ClN2O2. The molecule has 1 atom stereocenters.